The van der Waals surface area contributed by atoms with E-state index >= 15 is 0 Å². The number of carbonyl (C=O) groups excluding carboxylic acids is 1. The maximum absolute atomic E-state index is 13.5. The first-order valence-corrected chi connectivity index (χ1v) is 10.2. The molecular weight excluding hydrogens is 385 g/mol. The highest BCUT2D eigenvalue weighted by Crippen LogP contribution is 2.38. The third-order valence-corrected chi connectivity index (χ3v) is 6.00. The standard InChI is InChI=1S/C21H23F3N2OS/c1-14(2)25(12-15-9-18(23)11-19(24)10-15)13-20(27)26-7-8-28-21(26)16-3-5-17(22)6-4-16/h3-6,9-11,14,21H,7-8,12-13H2,1-2H3. The lowest BCUT2D eigenvalue weighted by Gasteiger charge is -2.30. The number of rotatable bonds is 6. The molecule has 1 heterocycles. The zero-order valence-electron chi connectivity index (χ0n) is 15.9. The van der Waals surface area contributed by atoms with Crippen molar-refractivity contribution in [3.8, 4) is 0 Å². The summed E-state index contributed by atoms with van der Waals surface area (Å²) in [4.78, 5) is 16.7. The summed E-state index contributed by atoms with van der Waals surface area (Å²) in [5, 5.41) is -0.145. The molecule has 0 saturated carbocycles. The molecule has 2 aromatic carbocycles. The number of nitrogens with zero attached hydrogens (tertiary/aromatic N) is 2. The molecule has 1 saturated heterocycles. The van der Waals surface area contributed by atoms with Gasteiger partial charge < -0.3 is 4.90 Å². The van der Waals surface area contributed by atoms with Crippen LogP contribution in [0.4, 0.5) is 13.2 Å². The van der Waals surface area contributed by atoms with Crippen molar-refractivity contribution in [2.45, 2.75) is 31.8 Å². The van der Waals surface area contributed by atoms with Crippen molar-refractivity contribution in [1.29, 1.82) is 0 Å². The van der Waals surface area contributed by atoms with Crippen LogP contribution in [0.5, 0.6) is 0 Å². The third kappa shape index (κ3) is 5.08. The minimum atomic E-state index is -0.627. The van der Waals surface area contributed by atoms with Crippen LogP contribution < -0.4 is 0 Å². The van der Waals surface area contributed by atoms with Crippen LogP contribution in [0.1, 0.15) is 30.3 Å². The maximum Gasteiger partial charge on any atom is 0.237 e. The Labute approximate surface area is 167 Å². The van der Waals surface area contributed by atoms with Gasteiger partial charge in [0.2, 0.25) is 5.91 Å². The first-order chi connectivity index (χ1) is 13.3. The van der Waals surface area contributed by atoms with Gasteiger partial charge in [-0.1, -0.05) is 12.1 Å². The van der Waals surface area contributed by atoms with E-state index in [0.717, 1.165) is 17.4 Å². The van der Waals surface area contributed by atoms with E-state index < -0.39 is 11.6 Å². The fourth-order valence-corrected chi connectivity index (χ4v) is 4.53. The summed E-state index contributed by atoms with van der Waals surface area (Å²) in [5.74, 6) is -0.803. The molecule has 1 atom stereocenters. The summed E-state index contributed by atoms with van der Waals surface area (Å²) < 4.78 is 40.2. The molecule has 3 rings (SSSR count). The minimum absolute atomic E-state index is 0.0230. The largest absolute Gasteiger partial charge is 0.325 e. The Kier molecular flexibility index (Phi) is 6.67. The van der Waals surface area contributed by atoms with Gasteiger partial charge in [0.05, 0.1) is 6.54 Å². The number of thioether (sulfide) groups is 1. The number of benzene rings is 2. The van der Waals surface area contributed by atoms with E-state index in [0.29, 0.717) is 12.1 Å². The van der Waals surface area contributed by atoms with Gasteiger partial charge in [0.1, 0.15) is 22.8 Å². The van der Waals surface area contributed by atoms with E-state index in [9.17, 15) is 18.0 Å². The van der Waals surface area contributed by atoms with Crippen LogP contribution in [-0.2, 0) is 11.3 Å². The van der Waals surface area contributed by atoms with Gasteiger partial charge in [-0.2, -0.15) is 0 Å². The Hall–Kier alpha value is -1.99. The number of hydrogen-bond acceptors (Lipinski definition) is 3. The normalized spacial score (nSPS) is 17.0. The van der Waals surface area contributed by atoms with Gasteiger partial charge in [-0.25, -0.2) is 13.2 Å². The smallest absolute Gasteiger partial charge is 0.237 e. The minimum Gasteiger partial charge on any atom is -0.325 e. The fraction of sp³-hybridized carbons (Fsp3) is 0.381. The van der Waals surface area contributed by atoms with Gasteiger partial charge in [0.25, 0.3) is 0 Å². The summed E-state index contributed by atoms with van der Waals surface area (Å²) in [6.07, 6.45) is 0. The zero-order valence-corrected chi connectivity index (χ0v) is 16.7. The lowest BCUT2D eigenvalue weighted by molar-refractivity contribution is -0.133. The van der Waals surface area contributed by atoms with Gasteiger partial charge in [0, 0.05) is 31.0 Å². The predicted octanol–water partition coefficient (Wildman–Crippen LogP) is 4.59. The van der Waals surface area contributed by atoms with E-state index in [1.165, 1.54) is 24.3 Å². The second kappa shape index (κ2) is 9.01. The molecule has 1 fully saturated rings. The van der Waals surface area contributed by atoms with E-state index in [-0.39, 0.29) is 36.2 Å². The summed E-state index contributed by atoms with van der Waals surface area (Å²) in [6, 6.07) is 9.64. The molecule has 1 aliphatic heterocycles. The molecule has 0 radical (unpaired) electrons. The molecule has 1 amide bonds. The topological polar surface area (TPSA) is 23.6 Å². The molecule has 0 N–H and O–H groups in total. The Bertz CT molecular complexity index is 809. The van der Waals surface area contributed by atoms with E-state index in [1.54, 1.807) is 28.8 Å². The molecule has 0 aliphatic carbocycles. The summed E-state index contributed by atoms with van der Waals surface area (Å²) in [7, 11) is 0. The molecule has 0 bridgehead atoms. The van der Waals surface area contributed by atoms with E-state index in [1.807, 2.05) is 18.7 Å². The van der Waals surface area contributed by atoms with Crippen molar-refractivity contribution < 1.29 is 18.0 Å². The molecule has 3 nitrogen and oxygen atoms in total. The maximum atomic E-state index is 13.5. The van der Waals surface area contributed by atoms with Crippen molar-refractivity contribution in [2.24, 2.45) is 0 Å². The molecule has 0 aromatic heterocycles. The second-order valence-electron chi connectivity index (χ2n) is 7.14. The number of amides is 1. The molecular formula is C21H23F3N2OS. The zero-order chi connectivity index (χ0) is 20.3. The fourth-order valence-electron chi connectivity index (χ4n) is 3.25. The highest BCUT2D eigenvalue weighted by molar-refractivity contribution is 7.99. The first-order valence-electron chi connectivity index (χ1n) is 9.19. The monoisotopic (exact) mass is 408 g/mol. The van der Waals surface area contributed by atoms with Gasteiger partial charge in [-0.15, -0.1) is 11.8 Å². The van der Waals surface area contributed by atoms with Crippen LogP contribution in [0.2, 0.25) is 0 Å². The predicted molar refractivity (Wildman–Crippen MR) is 105 cm³/mol. The summed E-state index contributed by atoms with van der Waals surface area (Å²) >= 11 is 1.65. The number of halogens is 3. The van der Waals surface area contributed by atoms with Gasteiger partial charge in [0.15, 0.2) is 0 Å². The summed E-state index contributed by atoms with van der Waals surface area (Å²) in [6.45, 7) is 4.93. The van der Waals surface area contributed by atoms with Gasteiger partial charge in [-0.05, 0) is 49.2 Å². The second-order valence-corrected chi connectivity index (χ2v) is 8.33. The van der Waals surface area contributed by atoms with Gasteiger partial charge in [-0.3, -0.25) is 9.69 Å². The van der Waals surface area contributed by atoms with Crippen LogP contribution in [0.25, 0.3) is 0 Å². The van der Waals surface area contributed by atoms with Crippen LogP contribution in [0.3, 0.4) is 0 Å². The van der Waals surface area contributed by atoms with Crippen molar-refractivity contribution in [2.75, 3.05) is 18.8 Å². The molecule has 2 aromatic rings. The van der Waals surface area contributed by atoms with Gasteiger partial charge >= 0.3 is 0 Å². The van der Waals surface area contributed by atoms with Crippen molar-refractivity contribution in [1.82, 2.24) is 9.80 Å². The Balaban J connectivity index is 1.71. The van der Waals surface area contributed by atoms with Crippen molar-refractivity contribution in [3.05, 3.63) is 71.0 Å². The molecule has 0 spiro atoms. The quantitative estimate of drug-likeness (QED) is 0.699. The van der Waals surface area contributed by atoms with Crippen molar-refractivity contribution in [3.63, 3.8) is 0 Å². The average Bonchev–Trinajstić information content (AvgIpc) is 3.10. The highest BCUT2D eigenvalue weighted by atomic mass is 32.2. The molecule has 1 aliphatic rings. The van der Waals surface area contributed by atoms with Crippen LogP contribution in [0, 0.1) is 17.5 Å². The summed E-state index contributed by atoms with van der Waals surface area (Å²) in [5.41, 5.74) is 1.38. The molecule has 7 heteroatoms. The number of hydrogen-bond donors (Lipinski definition) is 0. The first kappa shape index (κ1) is 20.7. The molecule has 150 valence electrons. The number of carbonyl (C=O) groups is 1. The third-order valence-electron chi connectivity index (χ3n) is 4.74. The van der Waals surface area contributed by atoms with Crippen LogP contribution in [0.15, 0.2) is 42.5 Å². The Morgan fingerprint density at radius 2 is 1.75 bits per heavy atom. The Morgan fingerprint density at radius 3 is 2.36 bits per heavy atom. The molecule has 1 unspecified atom stereocenters. The lowest BCUT2D eigenvalue weighted by Crippen LogP contribution is -2.42. The van der Waals surface area contributed by atoms with E-state index in [4.69, 9.17) is 0 Å². The van der Waals surface area contributed by atoms with Crippen molar-refractivity contribution >= 4 is 17.7 Å². The van der Waals surface area contributed by atoms with Crippen LogP contribution in [-0.4, -0.2) is 40.6 Å². The van der Waals surface area contributed by atoms with E-state index in [2.05, 4.69) is 0 Å². The highest BCUT2D eigenvalue weighted by Gasteiger charge is 2.31. The molecule has 28 heavy (non-hydrogen) atoms. The Morgan fingerprint density at radius 1 is 1.11 bits per heavy atom. The average molecular weight is 408 g/mol. The van der Waals surface area contributed by atoms with Crippen LogP contribution >= 0.6 is 11.8 Å². The SMILES string of the molecule is CC(C)N(CC(=O)N1CCSC1c1ccc(F)cc1)Cc1cc(F)cc(F)c1. The lowest BCUT2D eigenvalue weighted by atomic mass is 10.1.